The van der Waals surface area contributed by atoms with E-state index in [1.54, 1.807) is 0 Å². The van der Waals surface area contributed by atoms with Crippen LogP contribution in [0.4, 0.5) is 0 Å². The fourth-order valence-corrected chi connectivity index (χ4v) is 8.07. The van der Waals surface area contributed by atoms with E-state index in [-0.39, 0.29) is 0 Å². The molecule has 0 amide bonds. The van der Waals surface area contributed by atoms with Gasteiger partial charge in [0.2, 0.25) is 0 Å². The molecule has 0 radical (unpaired) electrons. The SMILES string of the molecule is c1ccc(-c2cc(-c3ccc(-c4cc5c(c6c4Cc4ccccc4-6)-c4c(ccc6ccccc46)C5)cc3)cc(-c3ccccc3)n2)cc1. The minimum Gasteiger partial charge on any atom is -0.248 e. The first-order valence-corrected chi connectivity index (χ1v) is 16.8. The summed E-state index contributed by atoms with van der Waals surface area (Å²) in [5.74, 6) is 0. The smallest absolute Gasteiger partial charge is 0.0715 e. The number of fused-ring (bicyclic) bond motifs is 9. The van der Waals surface area contributed by atoms with Gasteiger partial charge in [-0.15, -0.1) is 0 Å². The van der Waals surface area contributed by atoms with Crippen LogP contribution in [-0.4, -0.2) is 4.98 Å². The molecule has 0 saturated heterocycles. The van der Waals surface area contributed by atoms with Crippen LogP contribution in [0.15, 0.2) is 164 Å². The molecule has 10 rings (SSSR count). The van der Waals surface area contributed by atoms with Crippen LogP contribution in [-0.2, 0) is 12.8 Å². The van der Waals surface area contributed by atoms with E-state index >= 15 is 0 Å². The first-order chi connectivity index (χ1) is 23.8. The van der Waals surface area contributed by atoms with Crippen molar-refractivity contribution in [2.75, 3.05) is 0 Å². The van der Waals surface area contributed by atoms with Crippen molar-refractivity contribution in [1.29, 1.82) is 0 Å². The molecule has 1 nitrogen and oxygen atoms in total. The molecule has 1 heteroatoms. The normalized spacial score (nSPS) is 12.4. The number of hydrogen-bond donors (Lipinski definition) is 0. The van der Waals surface area contributed by atoms with Gasteiger partial charge in [0.15, 0.2) is 0 Å². The summed E-state index contributed by atoms with van der Waals surface area (Å²) in [5.41, 5.74) is 20.6. The first kappa shape index (κ1) is 27.1. The van der Waals surface area contributed by atoms with Gasteiger partial charge in [0, 0.05) is 11.1 Å². The molecule has 8 aromatic rings. The Morgan fingerprint density at radius 2 is 1.00 bits per heavy atom. The van der Waals surface area contributed by atoms with Gasteiger partial charge in [-0.25, -0.2) is 4.98 Å². The lowest BCUT2D eigenvalue weighted by Crippen LogP contribution is -1.94. The lowest BCUT2D eigenvalue weighted by Gasteiger charge is -2.17. The predicted octanol–water partition coefficient (Wildman–Crippen LogP) is 12.0. The van der Waals surface area contributed by atoms with Gasteiger partial charge >= 0.3 is 0 Å². The second-order valence-electron chi connectivity index (χ2n) is 13.1. The fraction of sp³-hybridized carbons (Fsp3) is 0.0426. The van der Waals surface area contributed by atoms with E-state index < -0.39 is 0 Å². The summed E-state index contributed by atoms with van der Waals surface area (Å²) >= 11 is 0. The summed E-state index contributed by atoms with van der Waals surface area (Å²) in [6, 6.07) is 59.7. The Morgan fingerprint density at radius 3 is 1.75 bits per heavy atom. The molecule has 1 heterocycles. The van der Waals surface area contributed by atoms with Crippen LogP contribution < -0.4 is 0 Å². The van der Waals surface area contributed by atoms with Crippen molar-refractivity contribution in [2.24, 2.45) is 0 Å². The third kappa shape index (κ3) is 4.28. The highest BCUT2D eigenvalue weighted by atomic mass is 14.7. The van der Waals surface area contributed by atoms with E-state index in [9.17, 15) is 0 Å². The summed E-state index contributed by atoms with van der Waals surface area (Å²) in [4.78, 5) is 5.09. The zero-order chi connectivity index (χ0) is 31.6. The van der Waals surface area contributed by atoms with Gasteiger partial charge < -0.3 is 0 Å². The van der Waals surface area contributed by atoms with Crippen molar-refractivity contribution in [3.05, 3.63) is 186 Å². The van der Waals surface area contributed by atoms with Crippen molar-refractivity contribution < 1.29 is 0 Å². The Morgan fingerprint density at radius 1 is 0.354 bits per heavy atom. The number of rotatable bonds is 4. The molecular formula is C47H31N. The number of pyridine rings is 1. The van der Waals surface area contributed by atoms with Crippen LogP contribution in [0.1, 0.15) is 22.3 Å². The molecule has 0 saturated carbocycles. The molecule has 0 unspecified atom stereocenters. The zero-order valence-corrected chi connectivity index (χ0v) is 26.4. The van der Waals surface area contributed by atoms with Crippen LogP contribution in [0.3, 0.4) is 0 Å². The fourth-order valence-electron chi connectivity index (χ4n) is 8.07. The predicted molar refractivity (Wildman–Crippen MR) is 200 cm³/mol. The standard InChI is InChI=1S/C47H31N/c1-3-12-33(13-4-1)43-28-37(29-44(48-43)34-14-5-2-6-15-34)30-19-21-32(22-20-30)41-27-38-25-36-24-23-31-11-7-9-17-39(31)45(36)46(38)47-40-18-10-8-16-35(40)26-42(41)47/h1-24,27-29H,25-26H2. The summed E-state index contributed by atoms with van der Waals surface area (Å²) in [7, 11) is 0. The van der Waals surface area contributed by atoms with Gasteiger partial charge in [-0.2, -0.15) is 0 Å². The second kappa shape index (κ2) is 10.8. The van der Waals surface area contributed by atoms with E-state index in [1.165, 1.54) is 77.5 Å². The number of benzene rings is 7. The van der Waals surface area contributed by atoms with E-state index in [2.05, 4.69) is 164 Å². The lowest BCUT2D eigenvalue weighted by molar-refractivity contribution is 1.24. The molecule has 2 aliphatic rings. The minimum atomic E-state index is 0.960. The highest BCUT2D eigenvalue weighted by Crippen LogP contribution is 2.53. The molecule has 224 valence electrons. The number of nitrogens with zero attached hydrogens (tertiary/aromatic N) is 1. The lowest BCUT2D eigenvalue weighted by atomic mass is 9.86. The maximum absolute atomic E-state index is 5.09. The molecule has 48 heavy (non-hydrogen) atoms. The molecule has 1 aromatic heterocycles. The van der Waals surface area contributed by atoms with Crippen molar-refractivity contribution in [1.82, 2.24) is 4.98 Å². The maximum Gasteiger partial charge on any atom is 0.0715 e. The molecular weight excluding hydrogens is 579 g/mol. The van der Waals surface area contributed by atoms with Crippen LogP contribution in [0, 0.1) is 0 Å². The summed E-state index contributed by atoms with van der Waals surface area (Å²) in [5, 5.41) is 2.67. The summed E-state index contributed by atoms with van der Waals surface area (Å²) in [6.45, 7) is 0. The van der Waals surface area contributed by atoms with Crippen LogP contribution >= 0.6 is 0 Å². The molecule has 0 fully saturated rings. The maximum atomic E-state index is 5.09. The van der Waals surface area contributed by atoms with Gasteiger partial charge in [-0.3, -0.25) is 0 Å². The third-order valence-corrected chi connectivity index (χ3v) is 10.3. The van der Waals surface area contributed by atoms with E-state index in [0.29, 0.717) is 0 Å². The Hall–Kier alpha value is -6.05. The molecule has 7 aromatic carbocycles. The molecule has 0 atom stereocenters. The van der Waals surface area contributed by atoms with Crippen molar-refractivity contribution in [3.63, 3.8) is 0 Å². The number of aromatic nitrogens is 1. The Bertz CT molecular complexity index is 2470. The monoisotopic (exact) mass is 609 g/mol. The van der Waals surface area contributed by atoms with Crippen molar-refractivity contribution in [3.8, 4) is 67.0 Å². The van der Waals surface area contributed by atoms with Gasteiger partial charge in [0.1, 0.15) is 0 Å². The quantitative estimate of drug-likeness (QED) is 0.193. The zero-order valence-electron chi connectivity index (χ0n) is 26.4. The van der Waals surface area contributed by atoms with E-state index in [4.69, 9.17) is 4.98 Å². The molecule has 0 bridgehead atoms. The van der Waals surface area contributed by atoms with Crippen molar-refractivity contribution in [2.45, 2.75) is 12.8 Å². The van der Waals surface area contributed by atoms with Crippen LogP contribution in [0.25, 0.3) is 77.8 Å². The average molecular weight is 610 g/mol. The molecule has 0 spiro atoms. The first-order valence-electron chi connectivity index (χ1n) is 16.8. The minimum absolute atomic E-state index is 0.960. The van der Waals surface area contributed by atoms with E-state index in [1.807, 2.05) is 0 Å². The molecule has 0 N–H and O–H groups in total. The van der Waals surface area contributed by atoms with Gasteiger partial charge in [-0.1, -0.05) is 146 Å². The Balaban J connectivity index is 1.12. The van der Waals surface area contributed by atoms with Gasteiger partial charge in [0.05, 0.1) is 11.4 Å². The highest BCUT2D eigenvalue weighted by molar-refractivity contribution is 6.08. The average Bonchev–Trinajstić information content (AvgIpc) is 3.74. The second-order valence-corrected chi connectivity index (χ2v) is 13.1. The summed E-state index contributed by atoms with van der Waals surface area (Å²) < 4.78 is 0. The largest absolute Gasteiger partial charge is 0.248 e. The third-order valence-electron chi connectivity index (χ3n) is 10.3. The number of hydrogen-bond acceptors (Lipinski definition) is 1. The Labute approximate surface area is 280 Å². The van der Waals surface area contributed by atoms with Crippen LogP contribution in [0.5, 0.6) is 0 Å². The van der Waals surface area contributed by atoms with Gasteiger partial charge in [0.25, 0.3) is 0 Å². The van der Waals surface area contributed by atoms with Gasteiger partial charge in [-0.05, 0) is 109 Å². The van der Waals surface area contributed by atoms with E-state index in [0.717, 1.165) is 35.4 Å². The topological polar surface area (TPSA) is 12.9 Å². The summed E-state index contributed by atoms with van der Waals surface area (Å²) in [6.07, 6.45) is 1.93. The molecule has 0 aliphatic heterocycles. The Kier molecular flexibility index (Phi) is 6.07. The molecule has 2 aliphatic carbocycles. The van der Waals surface area contributed by atoms with Crippen molar-refractivity contribution >= 4 is 10.8 Å². The van der Waals surface area contributed by atoms with Crippen LogP contribution in [0.2, 0.25) is 0 Å². The highest BCUT2D eigenvalue weighted by Gasteiger charge is 2.32.